The lowest BCUT2D eigenvalue weighted by molar-refractivity contribution is -0.145. The first kappa shape index (κ1) is 16.3. The number of benzene rings is 1. The molecule has 5 nitrogen and oxygen atoms in total. The number of methoxy groups -OCH3 is 1. The predicted octanol–water partition coefficient (Wildman–Crippen LogP) is 2.83. The highest BCUT2D eigenvalue weighted by atomic mass is 16.5. The average Bonchev–Trinajstić information content (AvgIpc) is 2.81. The number of fused-ring (bicyclic) bond motifs is 1. The van der Waals surface area contributed by atoms with Crippen LogP contribution in [0.2, 0.25) is 0 Å². The molecule has 0 saturated heterocycles. The van der Waals surface area contributed by atoms with Crippen LogP contribution in [0, 0.1) is 19.8 Å². The van der Waals surface area contributed by atoms with Gasteiger partial charge in [0.1, 0.15) is 5.75 Å². The smallest absolute Gasteiger partial charge is 0.306 e. The van der Waals surface area contributed by atoms with Gasteiger partial charge in [0.2, 0.25) is 5.91 Å². The fourth-order valence-electron chi connectivity index (χ4n) is 3.20. The molecule has 1 N–H and O–H groups in total. The molecule has 0 fully saturated rings. The lowest BCUT2D eigenvalue weighted by atomic mass is 9.95. The molecule has 1 aliphatic heterocycles. The summed E-state index contributed by atoms with van der Waals surface area (Å²) < 4.78 is 5.40. The molecule has 0 saturated carbocycles. The summed E-state index contributed by atoms with van der Waals surface area (Å²) in [5, 5.41) is 8.98. The quantitative estimate of drug-likeness (QED) is 0.929. The number of nitrogens with zero attached hydrogens (tertiary/aromatic N) is 1. The van der Waals surface area contributed by atoms with Crippen molar-refractivity contribution >= 4 is 11.9 Å². The number of hydrogen-bond acceptors (Lipinski definition) is 3. The van der Waals surface area contributed by atoms with Crippen molar-refractivity contribution in [3.63, 3.8) is 0 Å². The van der Waals surface area contributed by atoms with Gasteiger partial charge in [0, 0.05) is 13.0 Å². The zero-order chi connectivity index (χ0) is 16.6. The summed E-state index contributed by atoms with van der Waals surface area (Å²) in [6, 6.07) is 1.96. The van der Waals surface area contributed by atoms with Crippen LogP contribution in [0.4, 0.5) is 0 Å². The Morgan fingerprint density at radius 3 is 2.64 bits per heavy atom. The van der Waals surface area contributed by atoms with Crippen molar-refractivity contribution in [1.82, 2.24) is 4.90 Å². The lowest BCUT2D eigenvalue weighted by Gasteiger charge is -2.23. The number of rotatable bonds is 4. The zero-order valence-electron chi connectivity index (χ0n) is 13.8. The third-order valence-electron chi connectivity index (χ3n) is 4.58. The number of carbonyl (C=O) groups is 2. The summed E-state index contributed by atoms with van der Waals surface area (Å²) in [6.45, 7) is 8.09. The zero-order valence-corrected chi connectivity index (χ0v) is 13.8. The molecule has 0 bridgehead atoms. The predicted molar refractivity (Wildman–Crippen MR) is 82.8 cm³/mol. The number of carboxylic acid groups (broad SMARTS) is 1. The number of aliphatic carboxylic acids is 1. The molecule has 0 spiro atoms. The first-order valence-corrected chi connectivity index (χ1v) is 7.47. The van der Waals surface area contributed by atoms with Crippen molar-refractivity contribution in [2.45, 2.75) is 46.7 Å². The molecular weight excluding hydrogens is 282 g/mol. The summed E-state index contributed by atoms with van der Waals surface area (Å²) in [6.07, 6.45) is 0.0306. The average molecular weight is 305 g/mol. The fraction of sp³-hybridized carbons (Fsp3) is 0.529. The van der Waals surface area contributed by atoms with E-state index in [1.807, 2.05) is 26.8 Å². The third kappa shape index (κ3) is 2.67. The van der Waals surface area contributed by atoms with Gasteiger partial charge in [-0.2, -0.15) is 0 Å². The van der Waals surface area contributed by atoms with Crippen LogP contribution in [-0.2, 0) is 16.1 Å². The number of ether oxygens (including phenoxy) is 1. The molecule has 1 aliphatic rings. The molecule has 1 amide bonds. The molecule has 2 rings (SSSR count). The second-order valence-electron chi connectivity index (χ2n) is 6.05. The summed E-state index contributed by atoms with van der Waals surface area (Å²) in [4.78, 5) is 25.2. The van der Waals surface area contributed by atoms with Gasteiger partial charge in [-0.3, -0.25) is 9.59 Å². The number of hydrogen-bond donors (Lipinski definition) is 1. The second kappa shape index (κ2) is 5.99. The highest BCUT2D eigenvalue weighted by molar-refractivity contribution is 5.83. The lowest BCUT2D eigenvalue weighted by Crippen LogP contribution is -2.31. The van der Waals surface area contributed by atoms with Crippen LogP contribution in [0.3, 0.4) is 0 Å². The Hall–Kier alpha value is -2.04. The summed E-state index contributed by atoms with van der Waals surface area (Å²) >= 11 is 0. The number of aryl methyl sites for hydroxylation is 1. The maximum absolute atomic E-state index is 12.4. The van der Waals surface area contributed by atoms with Crippen molar-refractivity contribution in [1.29, 1.82) is 0 Å². The minimum atomic E-state index is -0.938. The van der Waals surface area contributed by atoms with E-state index in [0.29, 0.717) is 6.54 Å². The molecular formula is C17H23NO4. The van der Waals surface area contributed by atoms with Gasteiger partial charge in [-0.1, -0.05) is 6.92 Å². The molecule has 5 heteroatoms. The van der Waals surface area contributed by atoms with E-state index in [-0.39, 0.29) is 18.4 Å². The minimum Gasteiger partial charge on any atom is -0.496 e. The van der Waals surface area contributed by atoms with Gasteiger partial charge >= 0.3 is 5.97 Å². The first-order valence-electron chi connectivity index (χ1n) is 7.47. The number of carboxylic acids is 1. The van der Waals surface area contributed by atoms with Crippen molar-refractivity contribution in [3.8, 4) is 5.75 Å². The van der Waals surface area contributed by atoms with Crippen LogP contribution in [0.1, 0.15) is 48.6 Å². The van der Waals surface area contributed by atoms with Crippen molar-refractivity contribution in [2.75, 3.05) is 7.11 Å². The van der Waals surface area contributed by atoms with Gasteiger partial charge in [0.15, 0.2) is 0 Å². The largest absolute Gasteiger partial charge is 0.496 e. The maximum Gasteiger partial charge on any atom is 0.306 e. The van der Waals surface area contributed by atoms with Crippen LogP contribution >= 0.6 is 0 Å². The summed E-state index contributed by atoms with van der Waals surface area (Å²) in [5.41, 5.74) is 4.44. The van der Waals surface area contributed by atoms with Crippen LogP contribution in [0.25, 0.3) is 0 Å². The third-order valence-corrected chi connectivity index (χ3v) is 4.58. The van der Waals surface area contributed by atoms with Gasteiger partial charge in [0.25, 0.3) is 0 Å². The molecule has 120 valence electrons. The Balaban J connectivity index is 2.30. The van der Waals surface area contributed by atoms with Gasteiger partial charge < -0.3 is 14.7 Å². The second-order valence-corrected chi connectivity index (χ2v) is 6.05. The van der Waals surface area contributed by atoms with E-state index in [1.54, 1.807) is 18.9 Å². The highest BCUT2D eigenvalue weighted by Gasteiger charge is 2.34. The molecule has 22 heavy (non-hydrogen) atoms. The normalized spacial score (nSPS) is 18.0. The van der Waals surface area contributed by atoms with Crippen LogP contribution in [-0.4, -0.2) is 29.0 Å². The fourth-order valence-corrected chi connectivity index (χ4v) is 3.20. The van der Waals surface area contributed by atoms with E-state index < -0.39 is 11.9 Å². The van der Waals surface area contributed by atoms with Crippen molar-refractivity contribution in [2.24, 2.45) is 5.92 Å². The highest BCUT2D eigenvalue weighted by Crippen LogP contribution is 2.41. The van der Waals surface area contributed by atoms with Crippen LogP contribution < -0.4 is 4.74 Å². The molecule has 0 aromatic heterocycles. The topological polar surface area (TPSA) is 66.8 Å². The minimum absolute atomic E-state index is 0.0306. The van der Waals surface area contributed by atoms with Gasteiger partial charge in [-0.05, 0) is 49.1 Å². The Labute approximate surface area is 130 Å². The number of carbonyl (C=O) groups excluding carboxylic acids is 1. The van der Waals surface area contributed by atoms with Crippen molar-refractivity contribution in [3.05, 3.63) is 28.3 Å². The molecule has 1 unspecified atom stereocenters. The van der Waals surface area contributed by atoms with Gasteiger partial charge in [0.05, 0.1) is 19.1 Å². The monoisotopic (exact) mass is 305 g/mol. The Bertz CT molecular complexity index is 624. The molecule has 2 atom stereocenters. The Morgan fingerprint density at radius 1 is 1.45 bits per heavy atom. The van der Waals surface area contributed by atoms with E-state index in [2.05, 4.69) is 0 Å². The van der Waals surface area contributed by atoms with Crippen molar-refractivity contribution < 1.29 is 19.4 Å². The van der Waals surface area contributed by atoms with Gasteiger partial charge in [-0.15, -0.1) is 0 Å². The Morgan fingerprint density at radius 2 is 2.09 bits per heavy atom. The van der Waals surface area contributed by atoms with E-state index in [4.69, 9.17) is 9.84 Å². The molecule has 1 aromatic rings. The molecule has 1 heterocycles. The molecule has 0 aliphatic carbocycles. The molecule has 1 aromatic carbocycles. The number of amides is 1. The van der Waals surface area contributed by atoms with E-state index in [1.165, 1.54) is 0 Å². The first-order chi connectivity index (χ1) is 10.3. The molecule has 0 radical (unpaired) electrons. The SMILES string of the molecule is COc1cc(C)c2c(c1C)CN(C(=O)C[C@H](C)C(=O)O)C2C. The van der Waals surface area contributed by atoms with Gasteiger partial charge in [-0.25, -0.2) is 0 Å². The Kier molecular flexibility index (Phi) is 4.44. The maximum atomic E-state index is 12.4. The van der Waals surface area contributed by atoms with E-state index in [0.717, 1.165) is 28.0 Å². The van der Waals surface area contributed by atoms with E-state index >= 15 is 0 Å². The summed E-state index contributed by atoms with van der Waals surface area (Å²) in [7, 11) is 1.64. The summed E-state index contributed by atoms with van der Waals surface area (Å²) in [5.74, 6) is -0.889. The standard InChI is InChI=1S/C17H23NO4/c1-9-6-14(22-5)11(3)13-8-18(12(4)16(9)13)15(19)7-10(2)17(20)21/h6,10,12H,7-8H2,1-5H3,(H,20,21)/t10-,12?/m0/s1. The van der Waals surface area contributed by atoms with E-state index in [9.17, 15) is 9.59 Å². The van der Waals surface area contributed by atoms with Crippen LogP contribution in [0.15, 0.2) is 6.07 Å². The van der Waals surface area contributed by atoms with Crippen LogP contribution in [0.5, 0.6) is 5.75 Å².